The number of aromatic amines is 1. The van der Waals surface area contributed by atoms with Crippen molar-refractivity contribution in [2.24, 2.45) is 0 Å². The molecule has 0 aliphatic rings. The van der Waals surface area contributed by atoms with E-state index in [4.69, 9.17) is 0 Å². The first-order chi connectivity index (χ1) is 7.74. The predicted molar refractivity (Wildman–Crippen MR) is 65.5 cm³/mol. The second-order valence-corrected chi connectivity index (χ2v) is 3.93. The highest BCUT2D eigenvalue weighted by atomic mass is 16.1. The van der Waals surface area contributed by atoms with Gasteiger partial charge in [-0.15, -0.1) is 0 Å². The molecule has 0 radical (unpaired) electrons. The fourth-order valence-electron chi connectivity index (χ4n) is 1.85. The molecule has 0 spiro atoms. The summed E-state index contributed by atoms with van der Waals surface area (Å²) in [6, 6.07) is 9.94. The number of nitrogens with one attached hydrogen (secondary N) is 1. The van der Waals surface area contributed by atoms with Gasteiger partial charge in [0.25, 0.3) is 5.56 Å². The Balaban J connectivity index is 2.51. The normalized spacial score (nSPS) is 10.6. The summed E-state index contributed by atoms with van der Waals surface area (Å²) in [5.74, 6) is 0. The molecule has 0 saturated heterocycles. The molecule has 1 N–H and O–H groups in total. The van der Waals surface area contributed by atoms with Crippen molar-refractivity contribution in [1.29, 1.82) is 0 Å². The number of benzene rings is 1. The van der Waals surface area contributed by atoms with E-state index < -0.39 is 0 Å². The lowest BCUT2D eigenvalue weighted by Crippen LogP contribution is -2.17. The number of H-pyrrole nitrogens is 1. The van der Waals surface area contributed by atoms with Crippen LogP contribution in [-0.4, -0.2) is 9.78 Å². The third-order valence-electron chi connectivity index (χ3n) is 2.70. The van der Waals surface area contributed by atoms with Gasteiger partial charge in [0.1, 0.15) is 0 Å². The Morgan fingerprint density at radius 1 is 1.25 bits per heavy atom. The quantitative estimate of drug-likeness (QED) is 0.841. The lowest BCUT2D eigenvalue weighted by Gasteiger charge is -1.99. The van der Waals surface area contributed by atoms with Gasteiger partial charge in [-0.05, 0) is 18.9 Å². The number of aryl methyl sites for hydroxylation is 1. The molecule has 2 aromatic rings. The Morgan fingerprint density at radius 2 is 1.94 bits per heavy atom. The van der Waals surface area contributed by atoms with Gasteiger partial charge < -0.3 is 0 Å². The highest BCUT2D eigenvalue weighted by Gasteiger charge is 2.10. The van der Waals surface area contributed by atoms with Crippen LogP contribution in [0.5, 0.6) is 0 Å². The van der Waals surface area contributed by atoms with Gasteiger partial charge in [-0.3, -0.25) is 14.6 Å². The van der Waals surface area contributed by atoms with Crippen LogP contribution in [0.1, 0.15) is 18.9 Å². The molecular formula is C13H16N2O. The molecule has 1 aromatic heterocycles. The minimum atomic E-state index is 0.0840. The molecule has 0 amide bonds. The van der Waals surface area contributed by atoms with Crippen LogP contribution < -0.4 is 5.56 Å². The van der Waals surface area contributed by atoms with E-state index in [1.54, 1.807) is 4.68 Å². The van der Waals surface area contributed by atoms with Crippen molar-refractivity contribution < 1.29 is 0 Å². The van der Waals surface area contributed by atoms with Crippen molar-refractivity contribution in [2.45, 2.75) is 26.8 Å². The molecule has 3 heteroatoms. The number of hydrogen-bond acceptors (Lipinski definition) is 1. The fraction of sp³-hybridized carbons (Fsp3) is 0.308. The van der Waals surface area contributed by atoms with Crippen molar-refractivity contribution in [3.8, 4) is 11.3 Å². The molecule has 16 heavy (non-hydrogen) atoms. The summed E-state index contributed by atoms with van der Waals surface area (Å²) < 4.78 is 1.68. The van der Waals surface area contributed by atoms with Crippen molar-refractivity contribution in [3.05, 3.63) is 46.2 Å². The highest BCUT2D eigenvalue weighted by Crippen LogP contribution is 2.18. The molecule has 1 heterocycles. The summed E-state index contributed by atoms with van der Waals surface area (Å²) in [5.41, 5.74) is 2.87. The Morgan fingerprint density at radius 3 is 2.56 bits per heavy atom. The van der Waals surface area contributed by atoms with Gasteiger partial charge >= 0.3 is 0 Å². The molecule has 0 unspecified atom stereocenters. The molecule has 0 saturated carbocycles. The predicted octanol–water partition coefficient (Wildman–Crippen LogP) is 2.56. The summed E-state index contributed by atoms with van der Waals surface area (Å²) in [6.07, 6.45) is 0.952. The molecule has 1 aromatic carbocycles. The molecule has 2 rings (SSSR count). The van der Waals surface area contributed by atoms with E-state index in [2.05, 4.69) is 12.0 Å². The minimum absolute atomic E-state index is 0.0840. The average molecular weight is 216 g/mol. The van der Waals surface area contributed by atoms with E-state index >= 15 is 0 Å². The van der Waals surface area contributed by atoms with Crippen LogP contribution in [-0.2, 0) is 6.54 Å². The number of aromatic nitrogens is 2. The Labute approximate surface area is 94.7 Å². The van der Waals surface area contributed by atoms with Crippen LogP contribution in [0.25, 0.3) is 11.3 Å². The molecule has 0 fully saturated rings. The largest absolute Gasteiger partial charge is 0.295 e. The minimum Gasteiger partial charge on any atom is -0.295 e. The van der Waals surface area contributed by atoms with Crippen molar-refractivity contribution in [2.75, 3.05) is 0 Å². The first-order valence-electron chi connectivity index (χ1n) is 5.59. The summed E-state index contributed by atoms with van der Waals surface area (Å²) in [7, 11) is 0. The zero-order chi connectivity index (χ0) is 11.5. The standard InChI is InChI=1S/C13H16N2O/c1-3-9-15-13(16)10(2)12(14-15)11-7-5-4-6-8-11/h4-8,14H,3,9H2,1-2H3. The van der Waals surface area contributed by atoms with Crippen molar-refractivity contribution in [1.82, 2.24) is 9.78 Å². The van der Waals surface area contributed by atoms with E-state index in [9.17, 15) is 4.79 Å². The summed E-state index contributed by atoms with van der Waals surface area (Å²) in [6.45, 7) is 4.67. The van der Waals surface area contributed by atoms with Crippen LogP contribution in [0.4, 0.5) is 0 Å². The topological polar surface area (TPSA) is 37.8 Å². The molecule has 0 bridgehead atoms. The summed E-state index contributed by atoms with van der Waals surface area (Å²) >= 11 is 0. The first kappa shape index (κ1) is 10.7. The Kier molecular flexibility index (Phi) is 2.95. The van der Waals surface area contributed by atoms with Gasteiger partial charge in [0.05, 0.1) is 5.69 Å². The van der Waals surface area contributed by atoms with Crippen molar-refractivity contribution >= 4 is 0 Å². The van der Waals surface area contributed by atoms with Gasteiger partial charge in [0, 0.05) is 12.1 Å². The molecule has 84 valence electrons. The van der Waals surface area contributed by atoms with Gasteiger partial charge in [-0.25, -0.2) is 0 Å². The molecule has 0 aliphatic carbocycles. The van der Waals surface area contributed by atoms with Gasteiger partial charge in [0.2, 0.25) is 0 Å². The van der Waals surface area contributed by atoms with E-state index in [0.717, 1.165) is 29.8 Å². The van der Waals surface area contributed by atoms with E-state index in [-0.39, 0.29) is 5.56 Å². The number of rotatable bonds is 3. The highest BCUT2D eigenvalue weighted by molar-refractivity contribution is 5.61. The third kappa shape index (κ3) is 1.81. The van der Waals surface area contributed by atoms with Gasteiger partial charge in [-0.2, -0.15) is 0 Å². The lowest BCUT2D eigenvalue weighted by molar-refractivity contribution is 0.586. The maximum absolute atomic E-state index is 11.9. The zero-order valence-electron chi connectivity index (χ0n) is 9.66. The number of hydrogen-bond donors (Lipinski definition) is 1. The molecular weight excluding hydrogens is 200 g/mol. The third-order valence-corrected chi connectivity index (χ3v) is 2.70. The Hall–Kier alpha value is -1.77. The van der Waals surface area contributed by atoms with E-state index in [1.807, 2.05) is 37.3 Å². The van der Waals surface area contributed by atoms with Gasteiger partial charge in [0.15, 0.2) is 0 Å². The second kappa shape index (κ2) is 4.39. The van der Waals surface area contributed by atoms with Gasteiger partial charge in [-0.1, -0.05) is 37.3 Å². The first-order valence-corrected chi connectivity index (χ1v) is 5.59. The molecule has 3 nitrogen and oxygen atoms in total. The van der Waals surface area contributed by atoms with Crippen LogP contribution in [0, 0.1) is 6.92 Å². The molecule has 0 atom stereocenters. The maximum atomic E-state index is 11.9. The maximum Gasteiger partial charge on any atom is 0.270 e. The van der Waals surface area contributed by atoms with Crippen LogP contribution >= 0.6 is 0 Å². The van der Waals surface area contributed by atoms with Crippen molar-refractivity contribution in [3.63, 3.8) is 0 Å². The smallest absolute Gasteiger partial charge is 0.270 e. The summed E-state index contributed by atoms with van der Waals surface area (Å²) in [5, 5.41) is 3.17. The zero-order valence-corrected chi connectivity index (χ0v) is 9.66. The second-order valence-electron chi connectivity index (χ2n) is 3.93. The van der Waals surface area contributed by atoms with Crippen LogP contribution in [0.3, 0.4) is 0 Å². The van der Waals surface area contributed by atoms with E-state index in [1.165, 1.54) is 0 Å². The average Bonchev–Trinajstić information content (AvgIpc) is 2.59. The SMILES string of the molecule is CCCn1[nH]c(-c2ccccc2)c(C)c1=O. The fourth-order valence-corrected chi connectivity index (χ4v) is 1.85. The lowest BCUT2D eigenvalue weighted by atomic mass is 10.1. The summed E-state index contributed by atoms with van der Waals surface area (Å²) in [4.78, 5) is 11.9. The van der Waals surface area contributed by atoms with Crippen LogP contribution in [0.15, 0.2) is 35.1 Å². The van der Waals surface area contributed by atoms with E-state index in [0.29, 0.717) is 0 Å². The Bertz CT molecular complexity index is 523. The van der Waals surface area contributed by atoms with Crippen LogP contribution in [0.2, 0.25) is 0 Å². The number of nitrogens with zero attached hydrogens (tertiary/aromatic N) is 1. The monoisotopic (exact) mass is 216 g/mol. The molecule has 0 aliphatic heterocycles.